The van der Waals surface area contributed by atoms with Crippen molar-refractivity contribution in [2.45, 2.75) is 83.5 Å². The lowest BCUT2D eigenvalue weighted by molar-refractivity contribution is -0.216. The summed E-state index contributed by atoms with van der Waals surface area (Å²) in [6.45, 7) is 10.4. The molecule has 4 heterocycles. The summed E-state index contributed by atoms with van der Waals surface area (Å²) in [6, 6.07) is 21.1. The number of fused-ring (bicyclic) bond motifs is 3. The van der Waals surface area contributed by atoms with Crippen molar-refractivity contribution < 1.29 is 37.4 Å². The van der Waals surface area contributed by atoms with E-state index in [0.29, 0.717) is 5.39 Å². The maximum Gasteiger partial charge on any atom is 0.459 e. The van der Waals surface area contributed by atoms with Crippen LogP contribution >= 0.6 is 7.75 Å². The molecule has 0 aliphatic carbocycles. The molecule has 0 saturated carbocycles. The minimum Gasteiger partial charge on any atom is -0.457 e. The van der Waals surface area contributed by atoms with E-state index in [1.165, 1.54) is 6.33 Å². The van der Waals surface area contributed by atoms with E-state index in [2.05, 4.69) is 20.0 Å². The molecule has 3 aromatic carbocycles. The monoisotopic (exact) mass is 746 g/mol. The SMILES string of the molecule is CC(OC(=O)[C@@H](NP(=O)(OC[C@H]1O[C@@H](n2cnc3c(=O)[nH]c(N)nc32)[C@]2(C)OC(C)(C)O[C@H]12)Oc1cccc2ccccc12)C(C)C)c1ccccc1. The maximum absolute atomic E-state index is 15.0. The van der Waals surface area contributed by atoms with E-state index >= 15 is 4.57 Å². The fourth-order valence-corrected chi connectivity index (χ4v) is 8.66. The number of carbonyl (C=O) groups excluding carboxylic acids is 1. The third kappa shape index (κ3) is 7.20. The Morgan fingerprint density at radius 3 is 2.53 bits per heavy atom. The lowest BCUT2D eigenvalue weighted by atomic mass is 9.96. The van der Waals surface area contributed by atoms with Crippen molar-refractivity contribution in [3.8, 4) is 5.75 Å². The Bertz CT molecular complexity index is 2240. The molecule has 4 N–H and O–H groups in total. The molecule has 2 fully saturated rings. The molecule has 2 unspecified atom stereocenters. The van der Waals surface area contributed by atoms with Gasteiger partial charge in [-0.1, -0.05) is 80.6 Å². The predicted octanol–water partition coefficient (Wildman–Crippen LogP) is 5.78. The molecule has 15 nitrogen and oxygen atoms in total. The van der Waals surface area contributed by atoms with E-state index < -0.39 is 61.2 Å². The number of imidazole rings is 1. The van der Waals surface area contributed by atoms with Gasteiger partial charge in [-0.15, -0.1) is 0 Å². The van der Waals surface area contributed by atoms with Gasteiger partial charge in [-0.2, -0.15) is 10.1 Å². The first kappa shape index (κ1) is 36.7. The number of H-pyrrole nitrogens is 1. The number of nitrogens with two attached hydrogens (primary N) is 1. The molecular weight excluding hydrogens is 703 g/mol. The average Bonchev–Trinajstić information content (AvgIpc) is 3.72. The number of aromatic nitrogens is 4. The standard InChI is InChI=1S/C37H43N6O9P/c1-21(2)28(33(45)48-22(3)23-13-8-7-9-14-23)42-53(46,51-26-18-12-16-24-15-10-11-17-25(24)26)47-19-27-30-37(6,52-36(4,5)50-30)34(49-27)43-20-39-29-31(43)40-35(38)41-32(29)44/h7-18,20-22,27-28,30,34H,19H2,1-6H3,(H,42,46)(H3,38,40,41,44)/t22?,27-,28+,30-,34-,37-,53?/m1/s1. The van der Waals surface area contributed by atoms with Gasteiger partial charge in [0.25, 0.3) is 5.56 Å². The number of benzene rings is 3. The van der Waals surface area contributed by atoms with Gasteiger partial charge in [0.2, 0.25) is 5.95 Å². The first-order chi connectivity index (χ1) is 25.2. The summed E-state index contributed by atoms with van der Waals surface area (Å²) in [6.07, 6.45) is -1.73. The van der Waals surface area contributed by atoms with E-state index in [9.17, 15) is 9.59 Å². The van der Waals surface area contributed by atoms with Crippen LogP contribution in [0.15, 0.2) is 83.9 Å². The molecule has 2 saturated heterocycles. The minimum absolute atomic E-state index is 0.0613. The lowest BCUT2D eigenvalue weighted by Crippen LogP contribution is -2.43. The van der Waals surface area contributed by atoms with Crippen LogP contribution in [0.1, 0.15) is 59.4 Å². The van der Waals surface area contributed by atoms with Crippen molar-refractivity contribution in [3.05, 3.63) is 95.0 Å². The minimum atomic E-state index is -4.42. The number of carbonyl (C=O) groups is 1. The normalized spacial score (nSPS) is 24.5. The number of aromatic amines is 1. The topological polar surface area (TPSA) is 191 Å². The molecule has 5 aromatic rings. The molecule has 2 aromatic heterocycles. The van der Waals surface area contributed by atoms with Crippen molar-refractivity contribution in [3.63, 3.8) is 0 Å². The fraction of sp³-hybridized carbons (Fsp3) is 0.405. The number of nitrogens with zero attached hydrogens (tertiary/aromatic N) is 3. The fourth-order valence-electron chi connectivity index (χ4n) is 6.98. The van der Waals surface area contributed by atoms with E-state index in [-0.39, 0.29) is 35.4 Å². The van der Waals surface area contributed by atoms with Crippen LogP contribution in [0.3, 0.4) is 0 Å². The first-order valence-electron chi connectivity index (χ1n) is 17.4. The third-order valence-electron chi connectivity index (χ3n) is 9.43. The van der Waals surface area contributed by atoms with Gasteiger partial charge in [-0.3, -0.25) is 23.7 Å². The van der Waals surface area contributed by atoms with Crippen molar-refractivity contribution in [1.29, 1.82) is 0 Å². The van der Waals surface area contributed by atoms with Gasteiger partial charge in [-0.25, -0.2) is 9.55 Å². The summed E-state index contributed by atoms with van der Waals surface area (Å²) in [7, 11) is -4.42. The highest BCUT2D eigenvalue weighted by Crippen LogP contribution is 2.53. The zero-order valence-corrected chi connectivity index (χ0v) is 31.1. The molecule has 2 aliphatic rings. The Hall–Kier alpha value is -4.63. The molecule has 280 valence electrons. The van der Waals surface area contributed by atoms with Crippen LogP contribution in [0.5, 0.6) is 5.75 Å². The molecule has 7 rings (SSSR count). The first-order valence-corrected chi connectivity index (χ1v) is 18.9. The number of ether oxygens (including phenoxy) is 4. The second-order valence-electron chi connectivity index (χ2n) is 14.2. The van der Waals surface area contributed by atoms with Gasteiger partial charge in [0.15, 0.2) is 23.2 Å². The van der Waals surface area contributed by atoms with Crippen LogP contribution in [0, 0.1) is 5.92 Å². The summed E-state index contributed by atoms with van der Waals surface area (Å²) in [5.41, 5.74) is 5.27. The third-order valence-corrected chi connectivity index (χ3v) is 11.0. The van der Waals surface area contributed by atoms with Crippen LogP contribution < -0.4 is 20.9 Å². The Balaban J connectivity index is 1.20. The highest BCUT2D eigenvalue weighted by molar-refractivity contribution is 7.52. The summed E-state index contributed by atoms with van der Waals surface area (Å²) in [5.74, 6) is -1.89. The second kappa shape index (κ2) is 14.0. The van der Waals surface area contributed by atoms with Crippen LogP contribution in [0.4, 0.5) is 5.95 Å². The van der Waals surface area contributed by atoms with Gasteiger partial charge in [0.05, 0.1) is 12.9 Å². The molecule has 0 bridgehead atoms. The van der Waals surface area contributed by atoms with Crippen molar-refractivity contribution in [2.75, 3.05) is 12.3 Å². The molecule has 0 amide bonds. The largest absolute Gasteiger partial charge is 0.459 e. The molecule has 2 aliphatic heterocycles. The van der Waals surface area contributed by atoms with E-state index in [1.54, 1.807) is 51.3 Å². The highest BCUT2D eigenvalue weighted by atomic mass is 31.2. The number of nitrogen functional groups attached to an aromatic ring is 1. The van der Waals surface area contributed by atoms with E-state index in [4.69, 9.17) is 33.7 Å². The highest BCUT2D eigenvalue weighted by Gasteiger charge is 2.64. The number of rotatable bonds is 12. The van der Waals surface area contributed by atoms with Crippen LogP contribution in [0.2, 0.25) is 0 Å². The molecule has 16 heteroatoms. The zero-order valence-electron chi connectivity index (χ0n) is 30.2. The van der Waals surface area contributed by atoms with E-state index in [0.717, 1.165) is 10.9 Å². The van der Waals surface area contributed by atoms with Crippen molar-refractivity contribution >= 4 is 41.6 Å². The number of esters is 1. The Kier molecular flexibility index (Phi) is 9.68. The van der Waals surface area contributed by atoms with Crippen molar-refractivity contribution in [1.82, 2.24) is 24.6 Å². The van der Waals surface area contributed by atoms with Crippen LogP contribution in [0.25, 0.3) is 21.9 Å². The Morgan fingerprint density at radius 1 is 1.06 bits per heavy atom. The summed E-state index contributed by atoms with van der Waals surface area (Å²) >= 11 is 0. The molecule has 0 spiro atoms. The number of hydrogen-bond donors (Lipinski definition) is 3. The van der Waals surface area contributed by atoms with Crippen LogP contribution in [-0.2, 0) is 32.8 Å². The van der Waals surface area contributed by atoms with Crippen molar-refractivity contribution in [2.24, 2.45) is 5.92 Å². The van der Waals surface area contributed by atoms with Gasteiger partial charge in [0, 0.05) is 5.39 Å². The average molecular weight is 747 g/mol. The zero-order chi connectivity index (χ0) is 37.7. The molecule has 53 heavy (non-hydrogen) atoms. The molecule has 7 atom stereocenters. The number of nitrogens with one attached hydrogen (secondary N) is 2. The molecule has 0 radical (unpaired) electrons. The maximum atomic E-state index is 15.0. The van der Waals surface area contributed by atoms with Crippen LogP contribution in [-0.4, -0.2) is 61.7 Å². The quantitative estimate of drug-likeness (QED) is 0.103. The summed E-state index contributed by atoms with van der Waals surface area (Å²) < 4.78 is 54.3. The Labute approximate surface area is 305 Å². The lowest BCUT2D eigenvalue weighted by Gasteiger charge is -2.30. The predicted molar refractivity (Wildman–Crippen MR) is 196 cm³/mol. The number of hydrogen-bond acceptors (Lipinski definition) is 12. The van der Waals surface area contributed by atoms with Gasteiger partial charge in [-0.05, 0) is 50.6 Å². The van der Waals surface area contributed by atoms with Gasteiger partial charge < -0.3 is 29.2 Å². The molecular formula is C37H43N6O9P. The van der Waals surface area contributed by atoms with Gasteiger partial charge >= 0.3 is 13.7 Å². The summed E-state index contributed by atoms with van der Waals surface area (Å²) in [4.78, 5) is 37.3. The summed E-state index contributed by atoms with van der Waals surface area (Å²) in [5, 5.41) is 4.46. The second-order valence-corrected chi connectivity index (χ2v) is 15.9. The smallest absolute Gasteiger partial charge is 0.457 e. The van der Waals surface area contributed by atoms with E-state index in [1.807, 2.05) is 67.6 Å². The number of anilines is 1. The Morgan fingerprint density at radius 2 is 1.77 bits per heavy atom. The van der Waals surface area contributed by atoms with Gasteiger partial charge in [0.1, 0.15) is 35.7 Å².